The van der Waals surface area contributed by atoms with Gasteiger partial charge in [-0.25, -0.2) is 8.42 Å². The highest BCUT2D eigenvalue weighted by Crippen LogP contribution is 2.27. The van der Waals surface area contributed by atoms with E-state index in [-0.39, 0.29) is 22.9 Å². The summed E-state index contributed by atoms with van der Waals surface area (Å²) in [6.45, 7) is 1.15. The molecule has 10 heteroatoms. The molecule has 0 fully saturated rings. The number of nitro benzene ring substituents is 1. The number of non-ortho nitro benzene ring substituents is 1. The van der Waals surface area contributed by atoms with E-state index >= 15 is 0 Å². The van der Waals surface area contributed by atoms with Gasteiger partial charge in [-0.15, -0.1) is 0 Å². The van der Waals surface area contributed by atoms with Crippen molar-refractivity contribution in [1.82, 2.24) is 0 Å². The minimum Gasteiger partial charge on any atom is -0.497 e. The van der Waals surface area contributed by atoms with Gasteiger partial charge in [0.1, 0.15) is 12.3 Å². The third-order valence-electron chi connectivity index (χ3n) is 3.55. The molecule has 0 aliphatic carbocycles. The first-order chi connectivity index (χ1) is 12.8. The lowest BCUT2D eigenvalue weighted by molar-refractivity contribution is -0.384. The summed E-state index contributed by atoms with van der Waals surface area (Å²) in [7, 11) is -2.75. The van der Waals surface area contributed by atoms with Crippen LogP contribution in [0.2, 0.25) is 0 Å². The van der Waals surface area contributed by atoms with E-state index in [9.17, 15) is 23.3 Å². The number of rotatable bonds is 8. The average molecular weight is 394 g/mol. The van der Waals surface area contributed by atoms with Crippen molar-refractivity contribution in [3.8, 4) is 5.75 Å². The Morgan fingerprint density at radius 1 is 1.19 bits per heavy atom. The molecule has 0 saturated carbocycles. The molecule has 0 saturated heterocycles. The summed E-state index contributed by atoms with van der Waals surface area (Å²) in [6, 6.07) is 10.6. The van der Waals surface area contributed by atoms with Gasteiger partial charge in [-0.2, -0.15) is 0 Å². The highest BCUT2D eigenvalue weighted by Gasteiger charge is 2.28. The fraction of sp³-hybridized carbons (Fsp3) is 0.235. The number of esters is 1. The van der Waals surface area contributed by atoms with Crippen LogP contribution in [0.15, 0.2) is 53.4 Å². The molecule has 2 aromatic rings. The van der Waals surface area contributed by atoms with Crippen molar-refractivity contribution in [2.75, 3.05) is 24.6 Å². The van der Waals surface area contributed by atoms with E-state index in [1.165, 1.54) is 19.2 Å². The van der Waals surface area contributed by atoms with Crippen LogP contribution in [-0.2, 0) is 19.6 Å². The van der Waals surface area contributed by atoms with E-state index in [2.05, 4.69) is 0 Å². The summed E-state index contributed by atoms with van der Waals surface area (Å²) in [5.74, 6) is -0.328. The molecule has 0 spiro atoms. The molecule has 27 heavy (non-hydrogen) atoms. The number of hydrogen-bond acceptors (Lipinski definition) is 7. The summed E-state index contributed by atoms with van der Waals surface area (Å²) < 4.78 is 37.0. The Bertz CT molecular complexity index is 927. The second-order valence-electron chi connectivity index (χ2n) is 5.27. The van der Waals surface area contributed by atoms with Crippen LogP contribution in [0.3, 0.4) is 0 Å². The highest BCUT2D eigenvalue weighted by atomic mass is 32.2. The fourth-order valence-electron chi connectivity index (χ4n) is 2.27. The topological polar surface area (TPSA) is 116 Å². The Kier molecular flexibility index (Phi) is 6.35. The number of methoxy groups -OCH3 is 1. The molecule has 0 bridgehead atoms. The highest BCUT2D eigenvalue weighted by molar-refractivity contribution is 7.92. The minimum absolute atomic E-state index is 0.0996. The maximum atomic E-state index is 13.1. The van der Waals surface area contributed by atoms with Crippen molar-refractivity contribution in [2.24, 2.45) is 0 Å². The molecule has 0 radical (unpaired) electrons. The number of hydrogen-bond donors (Lipinski definition) is 0. The molecule has 2 rings (SSSR count). The minimum atomic E-state index is -4.18. The van der Waals surface area contributed by atoms with Gasteiger partial charge in [0.05, 0.1) is 29.2 Å². The van der Waals surface area contributed by atoms with Gasteiger partial charge in [-0.05, 0) is 31.2 Å². The second kappa shape index (κ2) is 8.49. The zero-order valence-corrected chi connectivity index (χ0v) is 15.5. The van der Waals surface area contributed by atoms with E-state index in [1.54, 1.807) is 19.1 Å². The van der Waals surface area contributed by atoms with Crippen LogP contribution in [0.1, 0.15) is 6.92 Å². The second-order valence-corrected chi connectivity index (χ2v) is 7.13. The maximum absolute atomic E-state index is 13.1. The predicted molar refractivity (Wildman–Crippen MR) is 97.3 cm³/mol. The first-order valence-electron chi connectivity index (χ1n) is 7.86. The SMILES string of the molecule is CCOC(=O)CN(c1cccc(OC)c1)S(=O)(=O)c1ccc([N+](=O)[O-])cc1. The van der Waals surface area contributed by atoms with Gasteiger partial charge in [-0.1, -0.05) is 6.07 Å². The fourth-order valence-corrected chi connectivity index (χ4v) is 3.67. The summed E-state index contributed by atoms with van der Waals surface area (Å²) in [5.41, 5.74) is -0.0481. The van der Waals surface area contributed by atoms with Crippen molar-refractivity contribution >= 4 is 27.4 Å². The smallest absolute Gasteiger partial charge is 0.326 e. The van der Waals surface area contributed by atoms with Crippen molar-refractivity contribution in [2.45, 2.75) is 11.8 Å². The average Bonchev–Trinajstić information content (AvgIpc) is 2.66. The number of carbonyl (C=O) groups is 1. The molecular formula is C17H18N2O7S. The third kappa shape index (κ3) is 4.73. The summed E-state index contributed by atoms with van der Waals surface area (Å²) in [4.78, 5) is 21.9. The van der Waals surface area contributed by atoms with Crippen molar-refractivity contribution < 1.29 is 27.6 Å². The Labute approximate surface area is 156 Å². The van der Waals surface area contributed by atoms with Gasteiger partial charge >= 0.3 is 5.97 Å². The van der Waals surface area contributed by atoms with Gasteiger partial charge in [0.15, 0.2) is 0 Å². The predicted octanol–water partition coefficient (Wildman–Crippen LogP) is 2.36. The Hall–Kier alpha value is -3.14. The van der Waals surface area contributed by atoms with Crippen molar-refractivity contribution in [1.29, 1.82) is 0 Å². The lowest BCUT2D eigenvalue weighted by atomic mass is 10.3. The largest absolute Gasteiger partial charge is 0.497 e. The molecule has 0 unspecified atom stereocenters. The van der Waals surface area contributed by atoms with Gasteiger partial charge in [0.2, 0.25) is 0 Å². The van der Waals surface area contributed by atoms with Crippen LogP contribution in [0.4, 0.5) is 11.4 Å². The Morgan fingerprint density at radius 3 is 2.41 bits per heavy atom. The standard InChI is InChI=1S/C17H18N2O7S/c1-3-26-17(20)12-18(14-5-4-6-15(11-14)25-2)27(23,24)16-9-7-13(8-10-16)19(21)22/h4-11H,3,12H2,1-2H3. The molecule has 0 aliphatic rings. The number of carbonyl (C=O) groups excluding carboxylic acids is 1. The van der Waals surface area contributed by atoms with E-state index in [4.69, 9.17) is 9.47 Å². The van der Waals surface area contributed by atoms with Crippen LogP contribution in [0.5, 0.6) is 5.75 Å². The number of benzene rings is 2. The van der Waals surface area contributed by atoms with Crippen LogP contribution in [-0.4, -0.2) is 39.6 Å². The van der Waals surface area contributed by atoms with Gasteiger partial charge < -0.3 is 9.47 Å². The molecule has 0 aliphatic heterocycles. The van der Waals surface area contributed by atoms with E-state index in [0.29, 0.717) is 5.75 Å². The lowest BCUT2D eigenvalue weighted by Crippen LogP contribution is -2.36. The lowest BCUT2D eigenvalue weighted by Gasteiger charge is -2.24. The third-order valence-corrected chi connectivity index (χ3v) is 5.34. The Morgan fingerprint density at radius 2 is 1.85 bits per heavy atom. The molecule has 0 N–H and O–H groups in total. The first kappa shape index (κ1) is 20.2. The molecule has 0 amide bonds. The quantitative estimate of drug-likeness (QED) is 0.383. The molecular weight excluding hydrogens is 376 g/mol. The Balaban J connectivity index is 2.49. The monoisotopic (exact) mass is 394 g/mol. The van der Waals surface area contributed by atoms with Crippen LogP contribution < -0.4 is 9.04 Å². The summed E-state index contributed by atoms with van der Waals surface area (Å²) >= 11 is 0. The first-order valence-corrected chi connectivity index (χ1v) is 9.30. The van der Waals surface area contributed by atoms with Crippen LogP contribution in [0, 0.1) is 10.1 Å². The molecule has 0 aromatic heterocycles. The van der Waals surface area contributed by atoms with E-state index in [0.717, 1.165) is 28.6 Å². The normalized spacial score (nSPS) is 10.9. The number of nitro groups is 1. The zero-order valence-electron chi connectivity index (χ0n) is 14.7. The van der Waals surface area contributed by atoms with Gasteiger partial charge in [0, 0.05) is 18.2 Å². The molecule has 0 atom stereocenters. The van der Waals surface area contributed by atoms with Gasteiger partial charge in [-0.3, -0.25) is 19.2 Å². The number of nitrogens with zero attached hydrogens (tertiary/aromatic N) is 2. The van der Waals surface area contributed by atoms with Gasteiger partial charge in [0.25, 0.3) is 15.7 Å². The number of ether oxygens (including phenoxy) is 2. The maximum Gasteiger partial charge on any atom is 0.326 e. The van der Waals surface area contributed by atoms with Crippen molar-refractivity contribution in [3.63, 3.8) is 0 Å². The van der Waals surface area contributed by atoms with E-state index < -0.39 is 27.5 Å². The zero-order chi connectivity index (χ0) is 20.0. The summed E-state index contributed by atoms with van der Waals surface area (Å²) in [5, 5.41) is 10.8. The number of anilines is 1. The molecule has 2 aromatic carbocycles. The van der Waals surface area contributed by atoms with E-state index in [1.807, 2.05) is 0 Å². The van der Waals surface area contributed by atoms with Crippen LogP contribution >= 0.6 is 0 Å². The molecule has 0 heterocycles. The number of sulfonamides is 1. The summed E-state index contributed by atoms with van der Waals surface area (Å²) in [6.07, 6.45) is 0. The van der Waals surface area contributed by atoms with Crippen molar-refractivity contribution in [3.05, 3.63) is 58.6 Å². The molecule has 144 valence electrons. The molecule has 9 nitrogen and oxygen atoms in total. The van der Waals surface area contributed by atoms with Crippen LogP contribution in [0.25, 0.3) is 0 Å².